The van der Waals surface area contributed by atoms with Crippen molar-refractivity contribution in [1.29, 1.82) is 0 Å². The Labute approximate surface area is 124 Å². The number of aromatic nitrogens is 2. The Hall–Kier alpha value is -2.08. The monoisotopic (exact) mass is 290 g/mol. The van der Waals surface area contributed by atoms with Crippen LogP contribution in [0.5, 0.6) is 5.75 Å². The summed E-state index contributed by atoms with van der Waals surface area (Å²) in [5.41, 5.74) is 7.17. The number of carbonyl (C=O) groups excluding carboxylic acids is 1. The number of hydrogen-bond donors (Lipinski definition) is 2. The first-order valence-corrected chi connectivity index (χ1v) is 7.22. The van der Waals surface area contributed by atoms with Gasteiger partial charge < -0.3 is 20.2 Å². The molecule has 2 aromatic heterocycles. The van der Waals surface area contributed by atoms with E-state index in [0.29, 0.717) is 17.9 Å². The molecule has 1 amide bonds. The molecule has 0 fully saturated rings. The molecule has 2 rings (SSSR count). The van der Waals surface area contributed by atoms with Crippen molar-refractivity contribution in [2.24, 2.45) is 5.73 Å². The fraction of sp³-hybridized carbons (Fsp3) is 0.467. The van der Waals surface area contributed by atoms with Gasteiger partial charge in [0, 0.05) is 24.9 Å². The first kappa shape index (κ1) is 15.3. The first-order valence-electron chi connectivity index (χ1n) is 7.22. The molecular weight excluding hydrogens is 268 g/mol. The van der Waals surface area contributed by atoms with Gasteiger partial charge in [-0.25, -0.2) is 4.98 Å². The minimum Gasteiger partial charge on any atom is -0.480 e. The number of nitrogens with two attached hydrogens (primary N) is 1. The van der Waals surface area contributed by atoms with E-state index in [2.05, 4.69) is 10.3 Å². The lowest BCUT2D eigenvalue weighted by atomic mass is 10.2. The van der Waals surface area contributed by atoms with Gasteiger partial charge in [-0.3, -0.25) is 4.79 Å². The minimum absolute atomic E-state index is 0.0108. The number of amides is 1. The number of rotatable bonds is 7. The van der Waals surface area contributed by atoms with Gasteiger partial charge in [0.1, 0.15) is 0 Å². The molecule has 0 aromatic carbocycles. The van der Waals surface area contributed by atoms with Crippen molar-refractivity contribution in [3.63, 3.8) is 0 Å². The zero-order valence-corrected chi connectivity index (χ0v) is 12.5. The predicted octanol–water partition coefficient (Wildman–Crippen LogP) is 1.13. The fourth-order valence-corrected chi connectivity index (χ4v) is 1.98. The SMILES string of the molecule is CCC(C)NC(=O)COc1cccn2cc(CCN)nc12. The van der Waals surface area contributed by atoms with Crippen LogP contribution in [-0.4, -0.2) is 34.5 Å². The van der Waals surface area contributed by atoms with Crippen LogP contribution in [0.15, 0.2) is 24.5 Å². The van der Waals surface area contributed by atoms with Crippen molar-refractivity contribution in [1.82, 2.24) is 14.7 Å². The van der Waals surface area contributed by atoms with Crippen LogP contribution in [0.1, 0.15) is 26.0 Å². The molecule has 0 aliphatic carbocycles. The Balaban J connectivity index is 2.06. The number of pyridine rings is 1. The molecular formula is C15H22N4O2. The molecule has 2 aromatic rings. The second-order valence-electron chi connectivity index (χ2n) is 5.04. The zero-order chi connectivity index (χ0) is 15.2. The summed E-state index contributed by atoms with van der Waals surface area (Å²) in [7, 11) is 0. The molecule has 6 heteroatoms. The van der Waals surface area contributed by atoms with Crippen molar-refractivity contribution < 1.29 is 9.53 Å². The maximum atomic E-state index is 11.7. The molecule has 6 nitrogen and oxygen atoms in total. The van der Waals surface area contributed by atoms with Gasteiger partial charge in [0.25, 0.3) is 5.91 Å². The maximum absolute atomic E-state index is 11.7. The molecule has 0 saturated carbocycles. The standard InChI is InChI=1S/C15H22N4O2/c1-3-11(2)17-14(20)10-21-13-5-4-8-19-9-12(6-7-16)18-15(13)19/h4-5,8-9,11H,3,6-7,10,16H2,1-2H3,(H,17,20). The molecule has 1 atom stereocenters. The maximum Gasteiger partial charge on any atom is 0.258 e. The van der Waals surface area contributed by atoms with Crippen molar-refractivity contribution >= 4 is 11.6 Å². The predicted molar refractivity (Wildman–Crippen MR) is 81.3 cm³/mol. The van der Waals surface area contributed by atoms with E-state index in [0.717, 1.165) is 18.5 Å². The third-order valence-corrected chi connectivity index (χ3v) is 3.28. The third kappa shape index (κ3) is 3.95. The molecule has 0 bridgehead atoms. The summed E-state index contributed by atoms with van der Waals surface area (Å²) in [6.07, 6.45) is 5.43. The lowest BCUT2D eigenvalue weighted by Crippen LogP contribution is -2.35. The average molecular weight is 290 g/mol. The van der Waals surface area contributed by atoms with Crippen LogP contribution < -0.4 is 15.8 Å². The van der Waals surface area contributed by atoms with Crippen LogP contribution in [0.2, 0.25) is 0 Å². The van der Waals surface area contributed by atoms with Gasteiger partial charge in [-0.2, -0.15) is 0 Å². The summed E-state index contributed by atoms with van der Waals surface area (Å²) in [5.74, 6) is 0.472. The second kappa shape index (κ2) is 7.08. The van der Waals surface area contributed by atoms with Crippen molar-refractivity contribution in [3.05, 3.63) is 30.2 Å². The minimum atomic E-state index is -0.125. The van der Waals surface area contributed by atoms with Crippen LogP contribution in [0.3, 0.4) is 0 Å². The Kier molecular flexibility index (Phi) is 5.16. The highest BCUT2D eigenvalue weighted by atomic mass is 16.5. The lowest BCUT2D eigenvalue weighted by Gasteiger charge is -2.12. The average Bonchev–Trinajstić information content (AvgIpc) is 2.88. The number of hydrogen-bond acceptors (Lipinski definition) is 4. The number of ether oxygens (including phenoxy) is 1. The molecule has 1 unspecified atom stereocenters. The summed E-state index contributed by atoms with van der Waals surface area (Å²) < 4.78 is 7.47. The normalized spacial score (nSPS) is 12.3. The summed E-state index contributed by atoms with van der Waals surface area (Å²) in [4.78, 5) is 16.2. The summed E-state index contributed by atoms with van der Waals surface area (Å²) in [6.45, 7) is 4.53. The van der Waals surface area contributed by atoms with E-state index in [1.165, 1.54) is 0 Å². The van der Waals surface area contributed by atoms with Gasteiger partial charge in [-0.05, 0) is 32.0 Å². The number of nitrogens with one attached hydrogen (secondary N) is 1. The smallest absolute Gasteiger partial charge is 0.258 e. The van der Waals surface area contributed by atoms with Gasteiger partial charge in [0.05, 0.1) is 5.69 Å². The van der Waals surface area contributed by atoms with E-state index >= 15 is 0 Å². The van der Waals surface area contributed by atoms with E-state index < -0.39 is 0 Å². The quantitative estimate of drug-likeness (QED) is 0.801. The number of carbonyl (C=O) groups is 1. The number of nitrogens with zero attached hydrogens (tertiary/aromatic N) is 2. The van der Waals surface area contributed by atoms with E-state index in [9.17, 15) is 4.79 Å². The first-order chi connectivity index (χ1) is 10.1. The zero-order valence-electron chi connectivity index (χ0n) is 12.5. The topological polar surface area (TPSA) is 81.6 Å². The highest BCUT2D eigenvalue weighted by Crippen LogP contribution is 2.19. The highest BCUT2D eigenvalue weighted by Gasteiger charge is 2.10. The van der Waals surface area contributed by atoms with Crippen molar-refractivity contribution in [3.8, 4) is 5.75 Å². The van der Waals surface area contributed by atoms with Gasteiger partial charge >= 0.3 is 0 Å². The van der Waals surface area contributed by atoms with Crippen LogP contribution in [-0.2, 0) is 11.2 Å². The van der Waals surface area contributed by atoms with E-state index in [1.807, 2.05) is 42.8 Å². The number of fused-ring (bicyclic) bond motifs is 1. The van der Waals surface area contributed by atoms with Gasteiger partial charge in [0.2, 0.25) is 0 Å². The molecule has 0 aliphatic heterocycles. The van der Waals surface area contributed by atoms with Gasteiger partial charge in [-0.15, -0.1) is 0 Å². The Morgan fingerprint density at radius 2 is 2.38 bits per heavy atom. The van der Waals surface area contributed by atoms with Gasteiger partial charge in [0.15, 0.2) is 18.0 Å². The Bertz CT molecular complexity index is 609. The highest BCUT2D eigenvalue weighted by molar-refractivity contribution is 5.78. The second-order valence-corrected chi connectivity index (χ2v) is 5.04. The van der Waals surface area contributed by atoms with E-state index in [1.54, 1.807) is 0 Å². The van der Waals surface area contributed by atoms with Crippen LogP contribution in [0, 0.1) is 0 Å². The number of imidazole rings is 1. The molecule has 2 heterocycles. The van der Waals surface area contributed by atoms with Crippen LogP contribution in [0.25, 0.3) is 5.65 Å². The largest absolute Gasteiger partial charge is 0.480 e. The molecule has 0 spiro atoms. The molecule has 114 valence electrons. The van der Waals surface area contributed by atoms with E-state index in [4.69, 9.17) is 10.5 Å². The van der Waals surface area contributed by atoms with Crippen molar-refractivity contribution in [2.45, 2.75) is 32.7 Å². The molecule has 21 heavy (non-hydrogen) atoms. The van der Waals surface area contributed by atoms with Gasteiger partial charge in [-0.1, -0.05) is 6.92 Å². The van der Waals surface area contributed by atoms with Crippen molar-refractivity contribution in [2.75, 3.05) is 13.2 Å². The summed E-state index contributed by atoms with van der Waals surface area (Å²) >= 11 is 0. The van der Waals surface area contributed by atoms with Crippen LogP contribution >= 0.6 is 0 Å². The third-order valence-electron chi connectivity index (χ3n) is 3.28. The summed E-state index contributed by atoms with van der Waals surface area (Å²) in [5, 5.41) is 2.87. The van der Waals surface area contributed by atoms with Crippen LogP contribution in [0.4, 0.5) is 0 Å². The Morgan fingerprint density at radius 1 is 1.57 bits per heavy atom. The Morgan fingerprint density at radius 3 is 3.10 bits per heavy atom. The summed E-state index contributed by atoms with van der Waals surface area (Å²) in [6, 6.07) is 3.83. The molecule has 3 N–H and O–H groups in total. The molecule has 0 aliphatic rings. The van der Waals surface area contributed by atoms with E-state index in [-0.39, 0.29) is 18.6 Å². The molecule has 0 radical (unpaired) electrons. The fourth-order valence-electron chi connectivity index (χ4n) is 1.98. The molecule has 0 saturated heterocycles. The lowest BCUT2D eigenvalue weighted by molar-refractivity contribution is -0.123.